The van der Waals surface area contributed by atoms with Gasteiger partial charge >= 0.3 is 0 Å². The normalized spacial score (nSPS) is 9.31. The summed E-state index contributed by atoms with van der Waals surface area (Å²) in [5.41, 5.74) is -0.146. The van der Waals surface area contributed by atoms with Gasteiger partial charge in [0.2, 0.25) is 5.43 Å². The van der Waals surface area contributed by atoms with Crippen LogP contribution >= 0.6 is 15.9 Å². The van der Waals surface area contributed by atoms with Crippen LogP contribution in [-0.4, -0.2) is 6.61 Å². The summed E-state index contributed by atoms with van der Waals surface area (Å²) in [5, 5.41) is 0. The van der Waals surface area contributed by atoms with E-state index in [1.807, 2.05) is 0 Å². The summed E-state index contributed by atoms with van der Waals surface area (Å²) in [6, 6.07) is 6.84. The Balaban J connectivity index is 3.08. The predicted octanol–water partition coefficient (Wildman–Crippen LogP) is 2.37. The van der Waals surface area contributed by atoms with E-state index in [0.29, 0.717) is 16.8 Å². The Hall–Kier alpha value is -1.09. The quantitative estimate of drug-likeness (QED) is 0.759. The molecule has 2 nitrogen and oxygen atoms in total. The van der Waals surface area contributed by atoms with Gasteiger partial charge in [-0.3, -0.25) is 4.79 Å². The monoisotopic (exact) mass is 240 g/mol. The van der Waals surface area contributed by atoms with Crippen LogP contribution in [0, 0.1) is 0 Å². The molecule has 0 aromatic heterocycles. The fourth-order valence-electron chi connectivity index (χ4n) is 0.814. The first-order valence-corrected chi connectivity index (χ1v) is 4.57. The van der Waals surface area contributed by atoms with Crippen molar-refractivity contribution in [3.63, 3.8) is 0 Å². The molecule has 0 fully saturated rings. The van der Waals surface area contributed by atoms with E-state index in [4.69, 9.17) is 4.74 Å². The third-order valence-corrected chi connectivity index (χ3v) is 2.02. The van der Waals surface area contributed by atoms with Crippen LogP contribution in [0.5, 0.6) is 5.75 Å². The molecule has 0 bridgehead atoms. The first-order chi connectivity index (χ1) is 6.25. The zero-order valence-corrected chi connectivity index (χ0v) is 8.58. The van der Waals surface area contributed by atoms with Crippen LogP contribution in [-0.2, 0) is 0 Å². The molecule has 0 aliphatic rings. The van der Waals surface area contributed by atoms with Crippen molar-refractivity contribution in [1.29, 1.82) is 0 Å². The molecule has 0 N–H and O–H groups in total. The van der Waals surface area contributed by atoms with Crippen LogP contribution in [0.4, 0.5) is 0 Å². The zero-order chi connectivity index (χ0) is 9.68. The van der Waals surface area contributed by atoms with Gasteiger partial charge in [-0.2, -0.15) is 0 Å². The number of hydrogen-bond acceptors (Lipinski definition) is 2. The van der Waals surface area contributed by atoms with Crippen LogP contribution in [0.25, 0.3) is 0 Å². The fraction of sp³-hybridized carbons (Fsp3) is 0.100. The molecule has 13 heavy (non-hydrogen) atoms. The Morgan fingerprint density at radius 1 is 1.46 bits per heavy atom. The molecule has 0 aliphatic heterocycles. The van der Waals surface area contributed by atoms with Crippen molar-refractivity contribution in [2.75, 3.05) is 6.61 Å². The van der Waals surface area contributed by atoms with E-state index in [-0.39, 0.29) is 5.43 Å². The van der Waals surface area contributed by atoms with E-state index < -0.39 is 0 Å². The molecule has 0 saturated carbocycles. The molecule has 0 heterocycles. The van der Waals surface area contributed by atoms with Gasteiger partial charge < -0.3 is 4.74 Å². The molecule has 0 aliphatic carbocycles. The molecule has 0 amide bonds. The second kappa shape index (κ2) is 4.82. The maximum absolute atomic E-state index is 11.5. The highest BCUT2D eigenvalue weighted by atomic mass is 79.9. The molecule has 0 saturated heterocycles. The highest BCUT2D eigenvalue weighted by Crippen LogP contribution is 2.07. The number of rotatable bonds is 3. The molecule has 0 unspecified atom stereocenters. The SMILES string of the molecule is C=CCOc1ccccc(Br)c1=O. The first-order valence-electron chi connectivity index (χ1n) is 3.78. The second-order valence-corrected chi connectivity index (χ2v) is 3.21. The van der Waals surface area contributed by atoms with Crippen molar-refractivity contribution in [3.05, 3.63) is 51.6 Å². The van der Waals surface area contributed by atoms with E-state index >= 15 is 0 Å². The molecule has 0 atom stereocenters. The summed E-state index contributed by atoms with van der Waals surface area (Å²) in [6.45, 7) is 3.84. The average molecular weight is 241 g/mol. The summed E-state index contributed by atoms with van der Waals surface area (Å²) < 4.78 is 5.66. The number of halogens is 1. The van der Waals surface area contributed by atoms with Crippen LogP contribution in [0.1, 0.15) is 0 Å². The van der Waals surface area contributed by atoms with Crippen LogP contribution in [0.2, 0.25) is 0 Å². The molecule has 1 aromatic rings. The highest BCUT2D eigenvalue weighted by Gasteiger charge is 1.99. The van der Waals surface area contributed by atoms with Crippen molar-refractivity contribution < 1.29 is 4.74 Å². The molecular weight excluding hydrogens is 232 g/mol. The molecule has 0 radical (unpaired) electrons. The lowest BCUT2D eigenvalue weighted by atomic mass is 10.4. The van der Waals surface area contributed by atoms with Crippen molar-refractivity contribution in [2.24, 2.45) is 0 Å². The van der Waals surface area contributed by atoms with Gasteiger partial charge in [-0.1, -0.05) is 24.8 Å². The molecule has 68 valence electrons. The largest absolute Gasteiger partial charge is 0.485 e. The van der Waals surface area contributed by atoms with Crippen molar-refractivity contribution in [2.45, 2.75) is 0 Å². The van der Waals surface area contributed by atoms with Gasteiger partial charge in [0.1, 0.15) is 6.61 Å². The van der Waals surface area contributed by atoms with E-state index in [1.54, 1.807) is 30.3 Å². The summed E-state index contributed by atoms with van der Waals surface area (Å²) in [4.78, 5) is 11.5. The third-order valence-electron chi connectivity index (χ3n) is 1.40. The Kier molecular flexibility index (Phi) is 3.71. The lowest BCUT2D eigenvalue weighted by Crippen LogP contribution is -2.05. The second-order valence-electron chi connectivity index (χ2n) is 2.36. The molecule has 1 aromatic carbocycles. The summed E-state index contributed by atoms with van der Waals surface area (Å²) in [5.74, 6) is 0.330. The van der Waals surface area contributed by atoms with Crippen LogP contribution in [0.3, 0.4) is 0 Å². The van der Waals surface area contributed by atoms with Gasteiger partial charge in [-0.15, -0.1) is 0 Å². The Morgan fingerprint density at radius 2 is 2.15 bits per heavy atom. The van der Waals surface area contributed by atoms with Gasteiger partial charge in [-0.05, 0) is 28.1 Å². The molecule has 3 heteroatoms. The van der Waals surface area contributed by atoms with Gasteiger partial charge in [0.15, 0.2) is 5.75 Å². The highest BCUT2D eigenvalue weighted by molar-refractivity contribution is 9.10. The minimum atomic E-state index is -0.146. The van der Waals surface area contributed by atoms with Crippen LogP contribution < -0.4 is 10.2 Å². The standard InChI is InChI=1S/C10H9BrO2/c1-2-7-13-9-6-4-3-5-8(11)10(9)12/h2-6H,1,7H2. The van der Waals surface area contributed by atoms with Crippen molar-refractivity contribution in [1.82, 2.24) is 0 Å². The minimum Gasteiger partial charge on any atom is -0.485 e. The summed E-state index contributed by atoms with van der Waals surface area (Å²) >= 11 is 3.15. The minimum absolute atomic E-state index is 0.146. The fourth-order valence-corrected chi connectivity index (χ4v) is 1.16. The maximum atomic E-state index is 11.5. The Bertz CT molecular complexity index is 360. The van der Waals surface area contributed by atoms with E-state index in [9.17, 15) is 4.79 Å². The van der Waals surface area contributed by atoms with E-state index in [2.05, 4.69) is 22.5 Å². The van der Waals surface area contributed by atoms with Gasteiger partial charge in [0.25, 0.3) is 0 Å². The lowest BCUT2D eigenvalue weighted by molar-refractivity contribution is 0.360. The van der Waals surface area contributed by atoms with E-state index in [1.165, 1.54) is 0 Å². The Morgan fingerprint density at radius 3 is 2.85 bits per heavy atom. The lowest BCUT2D eigenvalue weighted by Gasteiger charge is -1.97. The molecular formula is C10H9BrO2. The average Bonchev–Trinajstić information content (AvgIpc) is 2.28. The first kappa shape index (κ1) is 9.99. The van der Waals surface area contributed by atoms with Gasteiger partial charge in [-0.25, -0.2) is 0 Å². The number of hydrogen-bond donors (Lipinski definition) is 0. The van der Waals surface area contributed by atoms with E-state index in [0.717, 1.165) is 0 Å². The maximum Gasteiger partial charge on any atom is 0.234 e. The van der Waals surface area contributed by atoms with Crippen molar-refractivity contribution >= 4 is 15.9 Å². The van der Waals surface area contributed by atoms with Crippen molar-refractivity contribution in [3.8, 4) is 5.75 Å². The zero-order valence-electron chi connectivity index (χ0n) is 7.00. The predicted molar refractivity (Wildman–Crippen MR) is 56.1 cm³/mol. The Labute approximate surface area is 85.0 Å². The van der Waals surface area contributed by atoms with Gasteiger partial charge in [0.05, 0.1) is 4.47 Å². The number of ether oxygens (including phenoxy) is 1. The van der Waals surface area contributed by atoms with Crippen LogP contribution in [0.15, 0.2) is 46.2 Å². The summed E-state index contributed by atoms with van der Waals surface area (Å²) in [6.07, 6.45) is 1.60. The molecule has 1 rings (SSSR count). The third kappa shape index (κ3) is 2.70. The van der Waals surface area contributed by atoms with Gasteiger partial charge in [0, 0.05) is 0 Å². The summed E-state index contributed by atoms with van der Waals surface area (Å²) in [7, 11) is 0. The molecule has 0 spiro atoms. The topological polar surface area (TPSA) is 26.3 Å². The smallest absolute Gasteiger partial charge is 0.234 e.